The van der Waals surface area contributed by atoms with Crippen LogP contribution in [0.2, 0.25) is 0 Å². The largest absolute Gasteiger partial charge is 0.493 e. The van der Waals surface area contributed by atoms with Crippen molar-refractivity contribution in [3.8, 4) is 17.2 Å². The van der Waals surface area contributed by atoms with Crippen molar-refractivity contribution in [3.63, 3.8) is 0 Å². The van der Waals surface area contributed by atoms with Crippen molar-refractivity contribution in [2.24, 2.45) is 5.92 Å². The molecule has 0 radical (unpaired) electrons. The molecule has 162 valence electrons. The summed E-state index contributed by atoms with van der Waals surface area (Å²) in [4.78, 5) is 15.0. The molecule has 0 unspecified atom stereocenters. The highest BCUT2D eigenvalue weighted by molar-refractivity contribution is 6.07. The molecule has 1 heterocycles. The fourth-order valence-electron chi connectivity index (χ4n) is 4.08. The molecule has 1 N–H and O–H groups in total. The second kappa shape index (κ2) is 9.24. The van der Waals surface area contributed by atoms with Gasteiger partial charge >= 0.3 is 0 Å². The molecule has 7 heteroatoms. The van der Waals surface area contributed by atoms with Crippen LogP contribution in [0.5, 0.6) is 17.2 Å². The van der Waals surface area contributed by atoms with E-state index in [0.717, 1.165) is 19.4 Å². The SMILES string of the molecule is COc1ccc(C(=O)Nc2ccc(N3CCC[C@H]3C(C)C)c(F)c2)c(OC)c1OC. The third-order valence-corrected chi connectivity index (χ3v) is 5.53. The summed E-state index contributed by atoms with van der Waals surface area (Å²) in [5, 5.41) is 2.74. The lowest BCUT2D eigenvalue weighted by molar-refractivity contribution is 0.102. The zero-order chi connectivity index (χ0) is 21.8. The molecule has 1 saturated heterocycles. The van der Waals surface area contributed by atoms with E-state index in [9.17, 15) is 9.18 Å². The zero-order valence-corrected chi connectivity index (χ0v) is 18.1. The molecular formula is C23H29FN2O4. The van der Waals surface area contributed by atoms with Crippen LogP contribution >= 0.6 is 0 Å². The van der Waals surface area contributed by atoms with Gasteiger partial charge in [-0.1, -0.05) is 13.8 Å². The highest BCUT2D eigenvalue weighted by Crippen LogP contribution is 2.40. The number of ether oxygens (including phenoxy) is 3. The lowest BCUT2D eigenvalue weighted by Crippen LogP contribution is -2.33. The molecule has 2 aromatic rings. The van der Waals surface area contributed by atoms with Gasteiger partial charge in [-0.15, -0.1) is 0 Å². The second-order valence-corrected chi connectivity index (χ2v) is 7.65. The van der Waals surface area contributed by atoms with E-state index in [0.29, 0.717) is 34.8 Å². The lowest BCUT2D eigenvalue weighted by Gasteiger charge is -2.30. The summed E-state index contributed by atoms with van der Waals surface area (Å²) in [6, 6.07) is 8.35. The number of carbonyl (C=O) groups excluding carboxylic acids is 1. The Morgan fingerprint density at radius 2 is 1.83 bits per heavy atom. The molecule has 6 nitrogen and oxygen atoms in total. The molecule has 0 bridgehead atoms. The van der Waals surface area contributed by atoms with Crippen LogP contribution in [0.4, 0.5) is 15.8 Å². The molecule has 1 amide bonds. The van der Waals surface area contributed by atoms with Crippen molar-refractivity contribution in [2.45, 2.75) is 32.7 Å². The number of rotatable bonds is 7. The van der Waals surface area contributed by atoms with E-state index in [4.69, 9.17) is 14.2 Å². The first kappa shape index (κ1) is 21.7. The van der Waals surface area contributed by atoms with E-state index in [1.165, 1.54) is 27.4 Å². The van der Waals surface area contributed by atoms with Gasteiger partial charge in [0.25, 0.3) is 5.91 Å². The van der Waals surface area contributed by atoms with E-state index in [1.807, 2.05) is 0 Å². The highest BCUT2D eigenvalue weighted by Gasteiger charge is 2.29. The molecule has 1 aliphatic heterocycles. The van der Waals surface area contributed by atoms with Crippen molar-refractivity contribution in [1.82, 2.24) is 0 Å². The summed E-state index contributed by atoms with van der Waals surface area (Å²) in [5.74, 6) is 0.697. The van der Waals surface area contributed by atoms with Gasteiger partial charge in [-0.25, -0.2) is 4.39 Å². The molecule has 1 fully saturated rings. The first-order valence-corrected chi connectivity index (χ1v) is 10.1. The number of carbonyl (C=O) groups is 1. The van der Waals surface area contributed by atoms with Gasteiger partial charge < -0.3 is 24.4 Å². The number of hydrogen-bond acceptors (Lipinski definition) is 5. The van der Waals surface area contributed by atoms with Gasteiger partial charge in [0.15, 0.2) is 11.5 Å². The Bertz CT molecular complexity index is 916. The van der Waals surface area contributed by atoms with Gasteiger partial charge in [0.2, 0.25) is 5.75 Å². The van der Waals surface area contributed by atoms with Crippen LogP contribution in [0.25, 0.3) is 0 Å². The molecule has 2 aromatic carbocycles. The molecule has 0 saturated carbocycles. The number of hydrogen-bond donors (Lipinski definition) is 1. The van der Waals surface area contributed by atoms with Crippen LogP contribution in [0.1, 0.15) is 37.0 Å². The Balaban J connectivity index is 1.84. The van der Waals surface area contributed by atoms with E-state index < -0.39 is 5.91 Å². The normalized spacial score (nSPS) is 16.0. The molecule has 0 spiro atoms. The van der Waals surface area contributed by atoms with E-state index in [1.54, 1.807) is 24.3 Å². The molecule has 0 aromatic heterocycles. The molecule has 3 rings (SSSR count). The van der Waals surface area contributed by atoms with Gasteiger partial charge in [-0.05, 0) is 49.1 Å². The Hall–Kier alpha value is -2.96. The third kappa shape index (κ3) is 4.15. The number of methoxy groups -OCH3 is 3. The van der Waals surface area contributed by atoms with Gasteiger partial charge in [0, 0.05) is 18.3 Å². The van der Waals surface area contributed by atoms with Crippen molar-refractivity contribution in [3.05, 3.63) is 41.7 Å². The average molecular weight is 416 g/mol. The Morgan fingerprint density at radius 1 is 1.10 bits per heavy atom. The van der Waals surface area contributed by atoms with Crippen LogP contribution in [0, 0.1) is 11.7 Å². The summed E-state index contributed by atoms with van der Waals surface area (Å²) >= 11 is 0. The van der Waals surface area contributed by atoms with Crippen LogP contribution in [-0.4, -0.2) is 39.8 Å². The summed E-state index contributed by atoms with van der Waals surface area (Å²) in [6.07, 6.45) is 2.12. The van der Waals surface area contributed by atoms with E-state index >= 15 is 0 Å². The number of anilines is 2. The minimum atomic E-state index is -0.429. The number of benzene rings is 2. The first-order valence-electron chi connectivity index (χ1n) is 10.1. The molecular weight excluding hydrogens is 387 g/mol. The van der Waals surface area contributed by atoms with Crippen molar-refractivity contribution in [1.29, 1.82) is 0 Å². The quantitative estimate of drug-likeness (QED) is 0.707. The Labute approximate surface area is 176 Å². The first-order chi connectivity index (χ1) is 14.4. The number of nitrogens with zero attached hydrogens (tertiary/aromatic N) is 1. The van der Waals surface area contributed by atoms with Crippen molar-refractivity contribution in [2.75, 3.05) is 38.1 Å². The number of halogens is 1. The zero-order valence-electron chi connectivity index (χ0n) is 18.1. The molecule has 30 heavy (non-hydrogen) atoms. The van der Waals surface area contributed by atoms with Crippen LogP contribution in [0.15, 0.2) is 30.3 Å². The van der Waals surface area contributed by atoms with Gasteiger partial charge in [0.1, 0.15) is 5.82 Å². The van der Waals surface area contributed by atoms with Crippen LogP contribution in [0.3, 0.4) is 0 Å². The van der Waals surface area contributed by atoms with Crippen molar-refractivity contribution >= 4 is 17.3 Å². The van der Waals surface area contributed by atoms with E-state index in [-0.39, 0.29) is 17.1 Å². The van der Waals surface area contributed by atoms with Crippen LogP contribution < -0.4 is 24.4 Å². The maximum Gasteiger partial charge on any atom is 0.259 e. The predicted octanol–water partition coefficient (Wildman–Crippen LogP) is 4.73. The molecule has 1 aliphatic rings. The summed E-state index contributed by atoms with van der Waals surface area (Å²) < 4.78 is 30.8. The maximum absolute atomic E-state index is 14.9. The Morgan fingerprint density at radius 3 is 2.43 bits per heavy atom. The van der Waals surface area contributed by atoms with Gasteiger partial charge in [0.05, 0.1) is 32.6 Å². The van der Waals surface area contributed by atoms with Gasteiger partial charge in [-0.3, -0.25) is 4.79 Å². The fraction of sp³-hybridized carbons (Fsp3) is 0.435. The standard InChI is InChI=1S/C23H29FN2O4/c1-14(2)18-7-6-12-26(18)19-10-8-15(13-17(19)24)25-23(27)16-9-11-20(28-3)22(30-5)21(16)29-4/h8-11,13-14,18H,6-7,12H2,1-5H3,(H,25,27)/t18-/m0/s1. The van der Waals surface area contributed by atoms with E-state index in [2.05, 4.69) is 24.1 Å². The average Bonchev–Trinajstić information content (AvgIpc) is 3.22. The maximum atomic E-state index is 14.9. The summed E-state index contributed by atoms with van der Waals surface area (Å²) in [6.45, 7) is 5.16. The third-order valence-electron chi connectivity index (χ3n) is 5.53. The highest BCUT2D eigenvalue weighted by atomic mass is 19.1. The smallest absolute Gasteiger partial charge is 0.259 e. The minimum Gasteiger partial charge on any atom is -0.493 e. The number of amides is 1. The predicted molar refractivity (Wildman–Crippen MR) is 116 cm³/mol. The second-order valence-electron chi connectivity index (χ2n) is 7.65. The van der Waals surface area contributed by atoms with Gasteiger partial charge in [-0.2, -0.15) is 0 Å². The Kier molecular flexibility index (Phi) is 6.70. The van der Waals surface area contributed by atoms with Crippen molar-refractivity contribution < 1.29 is 23.4 Å². The topological polar surface area (TPSA) is 60.0 Å². The lowest BCUT2D eigenvalue weighted by atomic mass is 10.0. The fourth-order valence-corrected chi connectivity index (χ4v) is 4.08. The summed E-state index contributed by atoms with van der Waals surface area (Å²) in [5.41, 5.74) is 1.21. The van der Waals surface area contributed by atoms with Crippen LogP contribution in [-0.2, 0) is 0 Å². The molecule has 0 aliphatic carbocycles. The molecule has 1 atom stereocenters. The summed E-state index contributed by atoms with van der Waals surface area (Å²) in [7, 11) is 4.42. The minimum absolute atomic E-state index is 0.253. The monoisotopic (exact) mass is 416 g/mol. The number of nitrogens with one attached hydrogen (secondary N) is 1.